The number of rotatable bonds is 4. The van der Waals surface area contributed by atoms with Crippen molar-refractivity contribution in [1.82, 2.24) is 9.88 Å². The lowest BCUT2D eigenvalue weighted by molar-refractivity contribution is -0.114. The number of aromatic nitrogens is 1. The van der Waals surface area contributed by atoms with E-state index in [1.54, 1.807) is 18.0 Å². The first-order valence-electron chi connectivity index (χ1n) is 5.04. The van der Waals surface area contributed by atoms with Gasteiger partial charge in [-0.3, -0.25) is 9.59 Å². The summed E-state index contributed by atoms with van der Waals surface area (Å²) in [6, 6.07) is 0. The first kappa shape index (κ1) is 13.4. The van der Waals surface area contributed by atoms with Gasteiger partial charge in [-0.2, -0.15) is 0 Å². The van der Waals surface area contributed by atoms with Crippen molar-refractivity contribution in [2.45, 2.75) is 13.8 Å². The van der Waals surface area contributed by atoms with Gasteiger partial charge in [0.15, 0.2) is 10.9 Å². The standard InChI is InChI=1S/C11H15N3O2S/c1-7-10(9(16)5-6-14(3)4)17-11(12-7)13-8(2)15/h5-6H,1-4H3,(H,12,13,15)/b6-5+. The fourth-order valence-corrected chi connectivity index (χ4v) is 2.05. The third-order valence-corrected chi connectivity index (χ3v) is 2.91. The zero-order valence-electron chi connectivity index (χ0n) is 10.3. The van der Waals surface area contributed by atoms with Gasteiger partial charge in [-0.15, -0.1) is 0 Å². The average Bonchev–Trinajstić information content (AvgIpc) is 2.54. The van der Waals surface area contributed by atoms with Crippen LogP contribution in [0.5, 0.6) is 0 Å². The molecule has 1 heterocycles. The molecular weight excluding hydrogens is 238 g/mol. The van der Waals surface area contributed by atoms with Gasteiger partial charge < -0.3 is 10.2 Å². The van der Waals surface area contributed by atoms with E-state index in [1.807, 2.05) is 14.1 Å². The highest BCUT2D eigenvalue weighted by Gasteiger charge is 2.13. The van der Waals surface area contributed by atoms with E-state index in [2.05, 4.69) is 10.3 Å². The van der Waals surface area contributed by atoms with Gasteiger partial charge in [-0.1, -0.05) is 11.3 Å². The second kappa shape index (κ2) is 5.58. The van der Waals surface area contributed by atoms with Crippen molar-refractivity contribution >= 4 is 28.2 Å². The Morgan fingerprint density at radius 1 is 1.41 bits per heavy atom. The lowest BCUT2D eigenvalue weighted by Crippen LogP contribution is -2.04. The molecule has 0 bridgehead atoms. The van der Waals surface area contributed by atoms with E-state index in [0.717, 1.165) is 0 Å². The molecule has 0 atom stereocenters. The molecule has 0 radical (unpaired) electrons. The van der Waals surface area contributed by atoms with Crippen molar-refractivity contribution < 1.29 is 9.59 Å². The van der Waals surface area contributed by atoms with E-state index in [1.165, 1.54) is 24.3 Å². The molecule has 1 aromatic rings. The van der Waals surface area contributed by atoms with Crippen LogP contribution in [0.15, 0.2) is 12.3 Å². The molecule has 0 aliphatic carbocycles. The molecule has 0 aliphatic heterocycles. The Bertz CT molecular complexity index is 463. The minimum absolute atomic E-state index is 0.106. The molecule has 0 unspecified atom stereocenters. The zero-order valence-corrected chi connectivity index (χ0v) is 11.1. The third kappa shape index (κ3) is 3.99. The molecule has 1 aromatic heterocycles. The summed E-state index contributed by atoms with van der Waals surface area (Å²) in [5, 5.41) is 3.02. The molecule has 0 aliphatic rings. The summed E-state index contributed by atoms with van der Waals surface area (Å²) < 4.78 is 0. The maximum atomic E-state index is 11.8. The molecular formula is C11H15N3O2S. The van der Waals surface area contributed by atoms with Gasteiger partial charge in [0.2, 0.25) is 5.91 Å². The molecule has 92 valence electrons. The first-order chi connectivity index (χ1) is 7.90. The van der Waals surface area contributed by atoms with E-state index in [9.17, 15) is 9.59 Å². The van der Waals surface area contributed by atoms with Crippen LogP contribution in [-0.4, -0.2) is 35.7 Å². The smallest absolute Gasteiger partial charge is 0.223 e. The molecule has 1 rings (SSSR count). The van der Waals surface area contributed by atoms with Crippen LogP contribution in [0.4, 0.5) is 5.13 Å². The number of ketones is 1. The molecule has 0 fully saturated rings. The van der Waals surface area contributed by atoms with Gasteiger partial charge in [0.25, 0.3) is 0 Å². The molecule has 0 saturated heterocycles. The van der Waals surface area contributed by atoms with Crippen molar-refractivity contribution in [1.29, 1.82) is 0 Å². The van der Waals surface area contributed by atoms with E-state index in [0.29, 0.717) is 15.7 Å². The van der Waals surface area contributed by atoms with E-state index in [4.69, 9.17) is 0 Å². The summed E-state index contributed by atoms with van der Waals surface area (Å²) in [7, 11) is 3.68. The van der Waals surface area contributed by atoms with Crippen LogP contribution in [0, 0.1) is 6.92 Å². The van der Waals surface area contributed by atoms with Crippen LogP contribution in [0.3, 0.4) is 0 Å². The fraction of sp³-hybridized carbons (Fsp3) is 0.364. The molecule has 5 nitrogen and oxygen atoms in total. The zero-order chi connectivity index (χ0) is 13.0. The maximum Gasteiger partial charge on any atom is 0.223 e. The number of carbonyl (C=O) groups is 2. The molecule has 1 N–H and O–H groups in total. The molecule has 0 aromatic carbocycles. The summed E-state index contributed by atoms with van der Waals surface area (Å²) in [5.74, 6) is -0.299. The summed E-state index contributed by atoms with van der Waals surface area (Å²) in [5.41, 5.74) is 0.632. The lowest BCUT2D eigenvalue weighted by atomic mass is 10.3. The number of carbonyl (C=O) groups excluding carboxylic acids is 2. The second-order valence-corrected chi connectivity index (χ2v) is 4.76. The van der Waals surface area contributed by atoms with Crippen LogP contribution in [0.2, 0.25) is 0 Å². The highest BCUT2D eigenvalue weighted by Crippen LogP contribution is 2.23. The Morgan fingerprint density at radius 3 is 2.59 bits per heavy atom. The maximum absolute atomic E-state index is 11.8. The van der Waals surface area contributed by atoms with Crippen molar-refractivity contribution in [3.05, 3.63) is 22.8 Å². The van der Waals surface area contributed by atoms with Crippen molar-refractivity contribution in [3.63, 3.8) is 0 Å². The summed E-state index contributed by atoms with van der Waals surface area (Å²) in [6.45, 7) is 3.16. The Labute approximate surface area is 104 Å². The molecule has 6 heteroatoms. The number of amides is 1. The van der Waals surface area contributed by atoms with E-state index in [-0.39, 0.29) is 11.7 Å². The van der Waals surface area contributed by atoms with Crippen LogP contribution in [0.25, 0.3) is 0 Å². The summed E-state index contributed by atoms with van der Waals surface area (Å²) in [4.78, 5) is 29.1. The SMILES string of the molecule is CC(=O)Nc1nc(C)c(C(=O)/C=C/N(C)C)s1. The van der Waals surface area contributed by atoms with Gasteiger partial charge in [-0.25, -0.2) is 4.98 Å². The molecule has 17 heavy (non-hydrogen) atoms. The predicted octanol–water partition coefficient (Wildman–Crippen LogP) is 1.67. The molecule has 0 saturated carbocycles. The van der Waals surface area contributed by atoms with Crippen LogP contribution in [-0.2, 0) is 4.79 Å². The summed E-state index contributed by atoms with van der Waals surface area (Å²) >= 11 is 1.19. The Morgan fingerprint density at radius 2 is 2.06 bits per heavy atom. The van der Waals surface area contributed by atoms with Crippen molar-refractivity contribution in [2.75, 3.05) is 19.4 Å². The van der Waals surface area contributed by atoms with Gasteiger partial charge in [0.05, 0.1) is 10.6 Å². The number of anilines is 1. The van der Waals surface area contributed by atoms with Crippen LogP contribution < -0.4 is 5.32 Å². The quantitative estimate of drug-likeness (QED) is 0.655. The van der Waals surface area contributed by atoms with Gasteiger partial charge >= 0.3 is 0 Å². The highest BCUT2D eigenvalue weighted by molar-refractivity contribution is 7.17. The minimum atomic E-state index is -0.193. The Kier molecular flexibility index (Phi) is 4.39. The molecule has 0 spiro atoms. The summed E-state index contributed by atoms with van der Waals surface area (Å²) in [6.07, 6.45) is 3.16. The minimum Gasteiger partial charge on any atom is -0.383 e. The first-order valence-corrected chi connectivity index (χ1v) is 5.85. The number of hydrogen-bond donors (Lipinski definition) is 1. The predicted molar refractivity (Wildman–Crippen MR) is 68.3 cm³/mol. The van der Waals surface area contributed by atoms with Gasteiger partial charge in [-0.05, 0) is 6.92 Å². The normalized spacial score (nSPS) is 10.6. The van der Waals surface area contributed by atoms with Crippen molar-refractivity contribution in [3.8, 4) is 0 Å². The third-order valence-electron chi connectivity index (χ3n) is 1.83. The lowest BCUT2D eigenvalue weighted by Gasteiger charge is -2.01. The topological polar surface area (TPSA) is 62.3 Å². The van der Waals surface area contributed by atoms with Crippen LogP contribution in [0.1, 0.15) is 22.3 Å². The largest absolute Gasteiger partial charge is 0.383 e. The Hall–Kier alpha value is -1.69. The number of hydrogen-bond acceptors (Lipinski definition) is 5. The van der Waals surface area contributed by atoms with Crippen molar-refractivity contribution in [2.24, 2.45) is 0 Å². The van der Waals surface area contributed by atoms with E-state index >= 15 is 0 Å². The van der Waals surface area contributed by atoms with E-state index < -0.39 is 0 Å². The van der Waals surface area contributed by atoms with Gasteiger partial charge in [0, 0.05) is 33.3 Å². The monoisotopic (exact) mass is 253 g/mol. The number of aryl methyl sites for hydroxylation is 1. The fourth-order valence-electron chi connectivity index (χ4n) is 1.12. The highest BCUT2D eigenvalue weighted by atomic mass is 32.1. The average molecular weight is 253 g/mol. The Balaban J connectivity index is 2.87. The van der Waals surface area contributed by atoms with Crippen LogP contribution >= 0.6 is 11.3 Å². The molecule has 1 amide bonds. The number of nitrogens with zero attached hydrogens (tertiary/aromatic N) is 2. The second-order valence-electron chi connectivity index (χ2n) is 3.76. The van der Waals surface area contributed by atoms with Gasteiger partial charge in [0.1, 0.15) is 0 Å². The number of thiazole rings is 1. The number of nitrogens with one attached hydrogen (secondary N) is 1. The number of allylic oxidation sites excluding steroid dienone is 1.